The number of carbonyl (C=O) groups excluding carboxylic acids is 2. The average molecular weight is 454 g/mol. The van der Waals surface area contributed by atoms with Crippen LogP contribution in [0.4, 0.5) is 14.9 Å². The van der Waals surface area contributed by atoms with E-state index < -0.39 is 29.0 Å². The number of nitrogens with two attached hydrogens (primary N) is 1. The Morgan fingerprint density at radius 3 is 2.67 bits per heavy atom. The monoisotopic (exact) mass is 453 g/mol. The fraction of sp³-hybridized carbons (Fsp3) is 0.360. The van der Waals surface area contributed by atoms with Gasteiger partial charge in [-0.3, -0.25) is 4.79 Å². The normalized spacial score (nSPS) is 29.7. The number of anilines is 1. The maximum atomic E-state index is 13.8. The number of carbonyl (C=O) groups is 2. The molecule has 1 aromatic carbocycles. The SMILES string of the molecule is CC(C)C1=C/COC2(O)C3=CCCC(N)=C3C(=O)C2(NC(=O)Nc2ccc(F)cc2)C/C=C\1. The molecule has 4 rings (SSSR count). The highest BCUT2D eigenvalue weighted by Gasteiger charge is 2.67. The predicted molar refractivity (Wildman–Crippen MR) is 122 cm³/mol. The van der Waals surface area contributed by atoms with Gasteiger partial charge in [0, 0.05) is 29.0 Å². The van der Waals surface area contributed by atoms with E-state index in [2.05, 4.69) is 10.6 Å². The van der Waals surface area contributed by atoms with Crippen LogP contribution in [0.1, 0.15) is 33.1 Å². The Bertz CT molecular complexity index is 1100. The van der Waals surface area contributed by atoms with Crippen LogP contribution in [-0.2, 0) is 9.53 Å². The Labute approximate surface area is 191 Å². The Hall–Kier alpha value is -3.23. The number of ketones is 1. The first-order chi connectivity index (χ1) is 15.7. The van der Waals surface area contributed by atoms with Crippen LogP contribution in [0, 0.1) is 11.7 Å². The summed E-state index contributed by atoms with van der Waals surface area (Å²) >= 11 is 0. The number of ether oxygens (including phenoxy) is 1. The van der Waals surface area contributed by atoms with Crippen molar-refractivity contribution in [3.05, 3.63) is 76.8 Å². The molecule has 1 fully saturated rings. The number of amides is 2. The molecule has 2 aliphatic carbocycles. The predicted octanol–water partition coefficient (Wildman–Crippen LogP) is 3.45. The fourth-order valence-corrected chi connectivity index (χ4v) is 4.59. The van der Waals surface area contributed by atoms with Crippen molar-refractivity contribution >= 4 is 17.5 Å². The number of benzene rings is 1. The molecule has 8 heteroatoms. The van der Waals surface area contributed by atoms with Gasteiger partial charge in [-0.05, 0) is 48.6 Å². The summed E-state index contributed by atoms with van der Waals surface area (Å²) in [7, 11) is 0. The summed E-state index contributed by atoms with van der Waals surface area (Å²) < 4.78 is 19.2. The molecule has 0 aromatic heterocycles. The third-order valence-corrected chi connectivity index (χ3v) is 6.35. The molecule has 0 spiro atoms. The number of nitrogens with one attached hydrogen (secondary N) is 2. The fourth-order valence-electron chi connectivity index (χ4n) is 4.59. The van der Waals surface area contributed by atoms with Crippen LogP contribution in [-0.4, -0.2) is 34.9 Å². The standard InChI is InChI=1S/C25H28FN3O4/c1-15(2)16-5-4-13-24(29-23(31)28-18-10-8-17(26)9-11-18)22(30)21-19(6-3-7-20(21)27)25(24,32)33-14-12-16/h4-6,8-12,15,32H,3,7,13-14,27H2,1-2H3,(H2,28,29,31)/b5-4-,16-12+. The largest absolute Gasteiger partial charge is 0.401 e. The lowest BCUT2D eigenvalue weighted by molar-refractivity contribution is -0.203. The van der Waals surface area contributed by atoms with Crippen LogP contribution in [0.3, 0.4) is 0 Å². The van der Waals surface area contributed by atoms with Gasteiger partial charge >= 0.3 is 6.03 Å². The summed E-state index contributed by atoms with van der Waals surface area (Å²) in [5, 5.41) is 17.2. The minimum absolute atomic E-state index is 0.0165. The van der Waals surface area contributed by atoms with Gasteiger partial charge in [-0.15, -0.1) is 0 Å². The molecular formula is C25H28FN3O4. The third-order valence-electron chi connectivity index (χ3n) is 6.35. The molecule has 1 saturated carbocycles. The Balaban J connectivity index is 1.76. The van der Waals surface area contributed by atoms with Gasteiger partial charge in [0.15, 0.2) is 11.3 Å². The molecule has 0 saturated heterocycles. The summed E-state index contributed by atoms with van der Waals surface area (Å²) in [5.74, 6) is -2.85. The van der Waals surface area contributed by atoms with Crippen LogP contribution in [0.15, 0.2) is 71.0 Å². The summed E-state index contributed by atoms with van der Waals surface area (Å²) in [6.07, 6.45) is 8.25. The van der Waals surface area contributed by atoms with Gasteiger partial charge in [0.25, 0.3) is 0 Å². The second-order valence-corrected chi connectivity index (χ2v) is 8.80. The van der Waals surface area contributed by atoms with E-state index >= 15 is 0 Å². The van der Waals surface area contributed by atoms with Crippen molar-refractivity contribution in [3.63, 3.8) is 0 Å². The van der Waals surface area contributed by atoms with Gasteiger partial charge in [0.2, 0.25) is 5.79 Å². The topological polar surface area (TPSA) is 114 Å². The molecule has 2 unspecified atom stereocenters. The Morgan fingerprint density at radius 1 is 1.24 bits per heavy atom. The van der Waals surface area contributed by atoms with Gasteiger partial charge in [0.05, 0.1) is 6.61 Å². The number of hydrogen-bond donors (Lipinski definition) is 4. The molecule has 1 aromatic rings. The molecule has 174 valence electrons. The van der Waals surface area contributed by atoms with Crippen molar-refractivity contribution in [2.45, 2.75) is 44.4 Å². The van der Waals surface area contributed by atoms with Gasteiger partial charge < -0.3 is 26.2 Å². The highest BCUT2D eigenvalue weighted by atomic mass is 19.1. The molecule has 0 radical (unpaired) electrons. The van der Waals surface area contributed by atoms with E-state index in [0.717, 1.165) is 5.57 Å². The van der Waals surface area contributed by atoms with Gasteiger partial charge in [0.1, 0.15) is 5.82 Å². The highest BCUT2D eigenvalue weighted by Crippen LogP contribution is 2.50. The molecule has 3 aliphatic rings. The quantitative estimate of drug-likeness (QED) is 0.560. The lowest BCUT2D eigenvalue weighted by Gasteiger charge is -2.40. The van der Waals surface area contributed by atoms with Gasteiger partial charge in [-0.25, -0.2) is 9.18 Å². The van der Waals surface area contributed by atoms with Crippen molar-refractivity contribution < 1.29 is 23.8 Å². The number of Topliss-reactive ketones (excluding diaryl/α,β-unsaturated/α-hetero) is 1. The van der Waals surface area contributed by atoms with Crippen LogP contribution in [0.5, 0.6) is 0 Å². The summed E-state index contributed by atoms with van der Waals surface area (Å²) in [4.78, 5) is 26.8. The molecule has 1 aliphatic heterocycles. The van der Waals surface area contributed by atoms with E-state index in [-0.39, 0.29) is 30.1 Å². The number of hydrogen-bond acceptors (Lipinski definition) is 5. The lowest BCUT2D eigenvalue weighted by Crippen LogP contribution is -2.66. The Kier molecular flexibility index (Phi) is 5.99. The number of urea groups is 1. The molecule has 5 N–H and O–H groups in total. The van der Waals surface area contributed by atoms with Crippen LogP contribution >= 0.6 is 0 Å². The minimum Gasteiger partial charge on any atom is -0.401 e. The maximum Gasteiger partial charge on any atom is 0.320 e. The zero-order chi connectivity index (χ0) is 23.8. The first kappa shape index (κ1) is 22.9. The number of aliphatic hydroxyl groups is 1. The van der Waals surface area contributed by atoms with Crippen molar-refractivity contribution in [2.24, 2.45) is 11.7 Å². The van der Waals surface area contributed by atoms with Gasteiger partial charge in [-0.2, -0.15) is 0 Å². The van der Waals surface area contributed by atoms with E-state index in [1.54, 1.807) is 12.2 Å². The summed E-state index contributed by atoms with van der Waals surface area (Å²) in [6.45, 7) is 4.10. The average Bonchev–Trinajstić information content (AvgIpc) is 2.98. The van der Waals surface area contributed by atoms with Crippen LogP contribution in [0.2, 0.25) is 0 Å². The van der Waals surface area contributed by atoms with E-state index in [1.165, 1.54) is 24.3 Å². The number of rotatable bonds is 3. The van der Waals surface area contributed by atoms with Crippen molar-refractivity contribution in [1.82, 2.24) is 5.32 Å². The Morgan fingerprint density at radius 2 is 1.97 bits per heavy atom. The molecule has 7 nitrogen and oxygen atoms in total. The number of allylic oxidation sites excluding steroid dienone is 4. The first-order valence-electron chi connectivity index (χ1n) is 11.0. The molecule has 0 bridgehead atoms. The maximum absolute atomic E-state index is 13.8. The smallest absolute Gasteiger partial charge is 0.320 e. The molecule has 1 heterocycles. The van der Waals surface area contributed by atoms with E-state index in [1.807, 2.05) is 26.0 Å². The number of fused-ring (bicyclic) bond motifs is 3. The van der Waals surface area contributed by atoms with Crippen molar-refractivity contribution in [1.29, 1.82) is 0 Å². The molecule has 33 heavy (non-hydrogen) atoms. The minimum atomic E-state index is -2.11. The van der Waals surface area contributed by atoms with Gasteiger partial charge in [-0.1, -0.05) is 38.2 Å². The zero-order valence-corrected chi connectivity index (χ0v) is 18.7. The highest BCUT2D eigenvalue weighted by molar-refractivity contribution is 6.14. The number of halogens is 1. The van der Waals surface area contributed by atoms with E-state index in [4.69, 9.17) is 10.5 Å². The molecule has 2 atom stereocenters. The molecule has 2 amide bonds. The first-order valence-corrected chi connectivity index (χ1v) is 11.0. The van der Waals surface area contributed by atoms with E-state index in [9.17, 15) is 19.1 Å². The van der Waals surface area contributed by atoms with Crippen molar-refractivity contribution in [3.8, 4) is 0 Å². The summed E-state index contributed by atoms with van der Waals surface area (Å²) in [6, 6.07) is 4.48. The van der Waals surface area contributed by atoms with E-state index in [0.29, 0.717) is 24.2 Å². The van der Waals surface area contributed by atoms with Crippen molar-refractivity contribution in [2.75, 3.05) is 11.9 Å². The molecular weight excluding hydrogens is 425 g/mol. The van der Waals surface area contributed by atoms with Crippen LogP contribution < -0.4 is 16.4 Å². The lowest BCUT2D eigenvalue weighted by atomic mass is 9.85. The second kappa shape index (κ2) is 8.61. The second-order valence-electron chi connectivity index (χ2n) is 8.80. The summed E-state index contributed by atoms with van der Waals surface area (Å²) in [5.41, 5.74) is 6.52. The van der Waals surface area contributed by atoms with Crippen LogP contribution in [0.25, 0.3) is 0 Å². The zero-order valence-electron chi connectivity index (χ0n) is 18.7. The third kappa shape index (κ3) is 3.89.